The molecule has 1 aromatic heterocycles. The van der Waals surface area contributed by atoms with E-state index in [1.54, 1.807) is 37.3 Å². The largest absolute Gasteiger partial charge is 0.497 e. The van der Waals surface area contributed by atoms with Gasteiger partial charge in [0.15, 0.2) is 5.17 Å². The molecule has 0 saturated carbocycles. The highest BCUT2D eigenvalue weighted by Gasteiger charge is 2.18. The summed E-state index contributed by atoms with van der Waals surface area (Å²) >= 11 is 3.27. The molecule has 0 radical (unpaired) electrons. The first-order chi connectivity index (χ1) is 10.2. The predicted octanol–water partition coefficient (Wildman–Crippen LogP) is 4.58. The van der Waals surface area contributed by atoms with Crippen molar-refractivity contribution in [1.29, 1.82) is 0 Å². The van der Waals surface area contributed by atoms with Gasteiger partial charge in [-0.25, -0.2) is 0 Å². The minimum absolute atomic E-state index is 0.833. The van der Waals surface area contributed by atoms with Crippen LogP contribution in [0.3, 0.4) is 0 Å². The van der Waals surface area contributed by atoms with Gasteiger partial charge in [0, 0.05) is 12.7 Å². The Bertz CT molecular complexity index is 618. The molecular formula is C16H18N2OS2. The minimum atomic E-state index is 0.833. The number of thiophene rings is 1. The fourth-order valence-electron chi connectivity index (χ4n) is 1.95. The number of ether oxygens (including phenoxy) is 1. The molecule has 0 saturated heterocycles. The van der Waals surface area contributed by atoms with Crippen molar-refractivity contribution in [3.8, 4) is 5.75 Å². The van der Waals surface area contributed by atoms with E-state index in [2.05, 4.69) is 27.9 Å². The van der Waals surface area contributed by atoms with Crippen molar-refractivity contribution in [2.24, 2.45) is 4.99 Å². The monoisotopic (exact) mass is 318 g/mol. The van der Waals surface area contributed by atoms with E-state index in [1.807, 2.05) is 36.6 Å². The maximum Gasteiger partial charge on any atom is 0.167 e. The second-order valence-electron chi connectivity index (χ2n) is 4.17. The molecule has 2 aromatic rings. The Morgan fingerprint density at radius 2 is 2.00 bits per heavy atom. The Morgan fingerprint density at radius 1 is 1.29 bits per heavy atom. The number of amidine groups is 1. The van der Waals surface area contributed by atoms with Crippen molar-refractivity contribution in [2.75, 3.05) is 25.3 Å². The fraction of sp³-hybridized carbons (Fsp3) is 0.188. The number of aliphatic imine (C=N–C) groups is 1. The molecule has 0 fully saturated rings. The van der Waals surface area contributed by atoms with Gasteiger partial charge < -0.3 is 4.74 Å². The van der Waals surface area contributed by atoms with Crippen molar-refractivity contribution in [3.05, 3.63) is 53.2 Å². The number of hydrogen-bond acceptors (Lipinski definition) is 4. The Hall–Kier alpha value is -1.72. The molecule has 0 unspecified atom stereocenters. The lowest BCUT2D eigenvalue weighted by Gasteiger charge is -2.26. The van der Waals surface area contributed by atoms with Crippen LogP contribution in [0, 0.1) is 0 Å². The topological polar surface area (TPSA) is 24.8 Å². The van der Waals surface area contributed by atoms with Crippen LogP contribution in [0.25, 0.3) is 5.70 Å². The van der Waals surface area contributed by atoms with E-state index in [9.17, 15) is 0 Å². The molecule has 3 nitrogen and oxygen atoms in total. The Balaban J connectivity index is 2.42. The molecule has 0 atom stereocenters. The zero-order valence-corrected chi connectivity index (χ0v) is 14.0. The first-order valence-electron chi connectivity index (χ1n) is 6.39. The predicted molar refractivity (Wildman–Crippen MR) is 95.7 cm³/mol. The summed E-state index contributed by atoms with van der Waals surface area (Å²) in [7, 11) is 3.46. The average Bonchev–Trinajstić information content (AvgIpc) is 3.06. The Morgan fingerprint density at radius 3 is 2.48 bits per heavy atom. The van der Waals surface area contributed by atoms with Crippen molar-refractivity contribution >= 4 is 39.7 Å². The molecular weight excluding hydrogens is 300 g/mol. The highest BCUT2D eigenvalue weighted by Crippen LogP contribution is 2.31. The lowest BCUT2D eigenvalue weighted by molar-refractivity contribution is 0.415. The number of nitrogens with zero attached hydrogens (tertiary/aromatic N) is 2. The molecule has 21 heavy (non-hydrogen) atoms. The molecule has 1 aromatic carbocycles. The molecule has 0 N–H and O–H groups in total. The van der Waals surface area contributed by atoms with Crippen LogP contribution >= 0.6 is 23.1 Å². The molecule has 110 valence electrons. The van der Waals surface area contributed by atoms with Gasteiger partial charge in [0.25, 0.3) is 0 Å². The summed E-state index contributed by atoms with van der Waals surface area (Å²) < 4.78 is 5.22. The number of thioether (sulfide) groups is 1. The van der Waals surface area contributed by atoms with Crippen molar-refractivity contribution < 1.29 is 4.74 Å². The third-order valence-electron chi connectivity index (χ3n) is 2.97. The second kappa shape index (κ2) is 7.33. The van der Waals surface area contributed by atoms with E-state index in [0.29, 0.717) is 0 Å². The first-order valence-corrected chi connectivity index (χ1v) is 8.49. The number of methoxy groups -OCH3 is 1. The number of hydrogen-bond donors (Lipinski definition) is 0. The van der Waals surface area contributed by atoms with Crippen molar-refractivity contribution in [1.82, 2.24) is 0 Å². The normalized spacial score (nSPS) is 11.3. The summed E-state index contributed by atoms with van der Waals surface area (Å²) in [5.41, 5.74) is 1.94. The zero-order chi connectivity index (χ0) is 15.2. The van der Waals surface area contributed by atoms with Crippen LogP contribution in [-0.4, -0.2) is 25.6 Å². The Labute approximate surface area is 134 Å². The summed E-state index contributed by atoms with van der Waals surface area (Å²) in [6.07, 6.45) is 2.01. The maximum absolute atomic E-state index is 5.22. The second-order valence-corrected chi connectivity index (χ2v) is 5.89. The smallest absolute Gasteiger partial charge is 0.167 e. The van der Waals surface area contributed by atoms with E-state index in [0.717, 1.165) is 27.2 Å². The van der Waals surface area contributed by atoms with Gasteiger partial charge in [0.05, 0.1) is 17.7 Å². The molecule has 0 aliphatic carbocycles. The van der Waals surface area contributed by atoms with E-state index in [-0.39, 0.29) is 0 Å². The van der Waals surface area contributed by atoms with Gasteiger partial charge in [-0.1, -0.05) is 24.4 Å². The summed E-state index contributed by atoms with van der Waals surface area (Å²) in [6.45, 7) is 4.24. The summed E-state index contributed by atoms with van der Waals surface area (Å²) in [4.78, 5) is 7.57. The summed E-state index contributed by atoms with van der Waals surface area (Å²) in [5, 5.41) is 2.95. The van der Waals surface area contributed by atoms with E-state index < -0.39 is 0 Å². The van der Waals surface area contributed by atoms with Crippen LogP contribution in [0.2, 0.25) is 0 Å². The summed E-state index contributed by atoms with van der Waals surface area (Å²) in [6, 6.07) is 12.0. The number of rotatable bonds is 4. The van der Waals surface area contributed by atoms with Crippen molar-refractivity contribution in [2.45, 2.75) is 0 Å². The first kappa shape index (κ1) is 15.7. The fourth-order valence-corrected chi connectivity index (χ4v) is 3.22. The lowest BCUT2D eigenvalue weighted by atomic mass is 10.2. The van der Waals surface area contributed by atoms with Gasteiger partial charge in [-0.15, -0.1) is 11.3 Å². The van der Waals surface area contributed by atoms with Gasteiger partial charge in [-0.3, -0.25) is 9.89 Å². The highest BCUT2D eigenvalue weighted by atomic mass is 32.2. The van der Waals surface area contributed by atoms with Gasteiger partial charge >= 0.3 is 0 Å². The van der Waals surface area contributed by atoms with Gasteiger partial charge in [-0.05, 0) is 42.0 Å². The number of anilines is 1. The third-order valence-corrected chi connectivity index (χ3v) is 4.62. The van der Waals surface area contributed by atoms with Crippen LogP contribution < -0.4 is 9.64 Å². The minimum Gasteiger partial charge on any atom is -0.497 e. The SMILES string of the molecule is C=C(c1cccs1)N(C(=NC)SC)c1ccc(OC)cc1. The van der Waals surface area contributed by atoms with Crippen LogP contribution in [0.5, 0.6) is 5.75 Å². The number of benzene rings is 1. The van der Waals surface area contributed by atoms with Gasteiger partial charge in [0.2, 0.25) is 0 Å². The molecule has 1 heterocycles. The highest BCUT2D eigenvalue weighted by molar-refractivity contribution is 8.13. The average molecular weight is 318 g/mol. The van der Waals surface area contributed by atoms with Crippen LogP contribution in [0.4, 0.5) is 5.69 Å². The van der Waals surface area contributed by atoms with Gasteiger partial charge in [-0.2, -0.15) is 0 Å². The summed E-state index contributed by atoms with van der Waals surface area (Å²) in [5.74, 6) is 0.833. The molecule has 0 bridgehead atoms. The molecule has 0 aliphatic rings. The zero-order valence-electron chi connectivity index (χ0n) is 12.4. The maximum atomic E-state index is 5.22. The van der Waals surface area contributed by atoms with Crippen LogP contribution in [0.15, 0.2) is 53.3 Å². The van der Waals surface area contributed by atoms with E-state index >= 15 is 0 Å². The van der Waals surface area contributed by atoms with Crippen LogP contribution in [-0.2, 0) is 0 Å². The van der Waals surface area contributed by atoms with E-state index in [4.69, 9.17) is 4.74 Å². The Kier molecular flexibility index (Phi) is 5.47. The quantitative estimate of drug-likeness (QED) is 0.609. The van der Waals surface area contributed by atoms with Gasteiger partial charge in [0.1, 0.15) is 5.75 Å². The van der Waals surface area contributed by atoms with Crippen LogP contribution in [0.1, 0.15) is 4.88 Å². The molecule has 2 rings (SSSR count). The standard InChI is InChI=1S/C16H18N2OS2/c1-12(15-6-5-11-21-15)18(16(17-2)20-4)13-7-9-14(19-3)10-8-13/h5-11H,1H2,2-4H3. The lowest BCUT2D eigenvalue weighted by Crippen LogP contribution is -2.26. The molecule has 0 aliphatic heterocycles. The van der Waals surface area contributed by atoms with E-state index in [1.165, 1.54) is 0 Å². The molecule has 0 amide bonds. The van der Waals surface area contributed by atoms with Crippen molar-refractivity contribution in [3.63, 3.8) is 0 Å². The molecule has 5 heteroatoms. The molecule has 0 spiro atoms. The third kappa shape index (κ3) is 3.49.